The van der Waals surface area contributed by atoms with Crippen molar-refractivity contribution in [3.8, 4) is 29.9 Å². The number of ether oxygens (including phenoxy) is 2. The zero-order valence-electron chi connectivity index (χ0n) is 14.4. The molecule has 5 heteroatoms. The molecule has 0 aliphatic heterocycles. The number of carbonyl (C=O) groups is 1. The molecule has 2 aromatic rings. The molecule has 0 aliphatic carbocycles. The van der Waals surface area contributed by atoms with Crippen molar-refractivity contribution in [3.05, 3.63) is 59.7 Å². The van der Waals surface area contributed by atoms with Gasteiger partial charge < -0.3 is 14.8 Å². The summed E-state index contributed by atoms with van der Waals surface area (Å²) in [7, 11) is 0. The summed E-state index contributed by atoms with van der Waals surface area (Å²) < 4.78 is 10.8. The minimum atomic E-state index is -0.507. The highest BCUT2D eigenvalue weighted by atomic mass is 16.5. The highest BCUT2D eigenvalue weighted by molar-refractivity contribution is 6.10. The minimum Gasteiger partial charge on any atom is -0.492 e. The molecule has 0 saturated carbocycles. The lowest BCUT2D eigenvalue weighted by molar-refractivity contribution is -0.112. The molecule has 0 aliphatic rings. The van der Waals surface area contributed by atoms with Crippen molar-refractivity contribution in [2.75, 3.05) is 18.5 Å². The molecule has 0 bridgehead atoms. The summed E-state index contributed by atoms with van der Waals surface area (Å²) in [6.07, 6.45) is 6.65. The Morgan fingerprint density at radius 2 is 1.92 bits per heavy atom. The van der Waals surface area contributed by atoms with Crippen LogP contribution in [0.25, 0.3) is 6.08 Å². The lowest BCUT2D eigenvalue weighted by Gasteiger charge is -2.10. The molecule has 0 atom stereocenters. The Bertz CT molecular complexity index is 871. The van der Waals surface area contributed by atoms with Gasteiger partial charge in [-0.05, 0) is 42.8 Å². The Hall–Kier alpha value is -3.70. The fourth-order valence-electron chi connectivity index (χ4n) is 2.14. The molecule has 0 fully saturated rings. The van der Waals surface area contributed by atoms with Crippen LogP contribution in [0.2, 0.25) is 0 Å². The lowest BCUT2D eigenvalue weighted by Crippen LogP contribution is -2.14. The molecule has 0 radical (unpaired) electrons. The Labute approximate surface area is 152 Å². The molecule has 26 heavy (non-hydrogen) atoms. The highest BCUT2D eigenvalue weighted by Gasteiger charge is 2.12. The van der Waals surface area contributed by atoms with E-state index in [-0.39, 0.29) is 12.2 Å². The van der Waals surface area contributed by atoms with Crippen molar-refractivity contribution in [2.45, 2.75) is 6.92 Å². The van der Waals surface area contributed by atoms with E-state index < -0.39 is 5.91 Å². The Kier molecular flexibility index (Phi) is 6.85. The van der Waals surface area contributed by atoms with Gasteiger partial charge in [-0.25, -0.2) is 0 Å². The zero-order chi connectivity index (χ0) is 18.8. The van der Waals surface area contributed by atoms with Gasteiger partial charge in [0.05, 0.1) is 12.3 Å². The van der Waals surface area contributed by atoms with E-state index in [1.807, 2.05) is 19.1 Å². The normalized spacial score (nSPS) is 10.3. The van der Waals surface area contributed by atoms with Crippen LogP contribution in [-0.2, 0) is 4.79 Å². The first-order chi connectivity index (χ1) is 12.7. The fraction of sp³-hybridized carbons (Fsp3) is 0.143. The molecule has 0 saturated heterocycles. The second-order valence-electron chi connectivity index (χ2n) is 5.11. The average molecular weight is 346 g/mol. The summed E-state index contributed by atoms with van der Waals surface area (Å²) in [6, 6.07) is 15.9. The van der Waals surface area contributed by atoms with E-state index in [1.165, 1.54) is 6.08 Å². The molecule has 0 spiro atoms. The van der Waals surface area contributed by atoms with Gasteiger partial charge in [0.1, 0.15) is 29.7 Å². The molecule has 2 aromatic carbocycles. The first kappa shape index (κ1) is 18.6. The summed E-state index contributed by atoms with van der Waals surface area (Å²) in [6.45, 7) is 2.51. The topological polar surface area (TPSA) is 71.3 Å². The van der Waals surface area contributed by atoms with Crippen LogP contribution in [0.4, 0.5) is 5.69 Å². The van der Waals surface area contributed by atoms with Crippen molar-refractivity contribution < 1.29 is 14.3 Å². The fourth-order valence-corrected chi connectivity index (χ4v) is 2.14. The second-order valence-corrected chi connectivity index (χ2v) is 5.11. The number of nitriles is 1. The summed E-state index contributed by atoms with van der Waals surface area (Å²) in [5, 5.41) is 12.0. The summed E-state index contributed by atoms with van der Waals surface area (Å²) in [4.78, 5) is 12.4. The molecule has 0 aromatic heterocycles. The number of rotatable bonds is 7. The van der Waals surface area contributed by atoms with Crippen molar-refractivity contribution >= 4 is 17.7 Å². The van der Waals surface area contributed by atoms with Crippen molar-refractivity contribution in [3.63, 3.8) is 0 Å². The summed E-state index contributed by atoms with van der Waals surface area (Å²) in [5.74, 6) is 3.05. The minimum absolute atomic E-state index is 0.0198. The van der Waals surface area contributed by atoms with Gasteiger partial charge >= 0.3 is 0 Å². The van der Waals surface area contributed by atoms with E-state index >= 15 is 0 Å². The Morgan fingerprint density at radius 3 is 2.58 bits per heavy atom. The van der Waals surface area contributed by atoms with Gasteiger partial charge in [-0.15, -0.1) is 6.42 Å². The quantitative estimate of drug-likeness (QED) is 0.472. The largest absolute Gasteiger partial charge is 0.492 e. The van der Waals surface area contributed by atoms with Gasteiger partial charge in [-0.1, -0.05) is 30.2 Å². The number of anilines is 1. The number of hydrogen-bond acceptors (Lipinski definition) is 4. The monoisotopic (exact) mass is 346 g/mol. The Morgan fingerprint density at radius 1 is 1.19 bits per heavy atom. The predicted octanol–water partition coefficient (Wildman–Crippen LogP) is 3.64. The molecule has 0 heterocycles. The average Bonchev–Trinajstić information content (AvgIpc) is 2.67. The number of para-hydroxylation sites is 2. The maximum Gasteiger partial charge on any atom is 0.266 e. The lowest BCUT2D eigenvalue weighted by atomic mass is 10.1. The molecular formula is C21H18N2O3. The van der Waals surface area contributed by atoms with Crippen molar-refractivity contribution in [2.24, 2.45) is 0 Å². The number of nitrogens with zero attached hydrogens (tertiary/aromatic N) is 1. The van der Waals surface area contributed by atoms with Crippen LogP contribution in [-0.4, -0.2) is 19.1 Å². The zero-order valence-corrected chi connectivity index (χ0v) is 14.4. The molecule has 0 unspecified atom stereocenters. The van der Waals surface area contributed by atoms with E-state index in [0.29, 0.717) is 29.4 Å². The third kappa shape index (κ3) is 5.15. The van der Waals surface area contributed by atoms with Crippen molar-refractivity contribution in [1.29, 1.82) is 5.26 Å². The molecule has 1 N–H and O–H groups in total. The number of terminal acetylenes is 1. The van der Waals surface area contributed by atoms with E-state index in [4.69, 9.17) is 15.9 Å². The van der Waals surface area contributed by atoms with Gasteiger partial charge in [0.2, 0.25) is 0 Å². The van der Waals surface area contributed by atoms with Crippen LogP contribution in [0.1, 0.15) is 12.5 Å². The third-order valence-electron chi connectivity index (χ3n) is 3.31. The van der Waals surface area contributed by atoms with Gasteiger partial charge in [-0.3, -0.25) is 4.79 Å². The summed E-state index contributed by atoms with van der Waals surface area (Å²) >= 11 is 0. The van der Waals surface area contributed by atoms with Gasteiger partial charge in [0.15, 0.2) is 0 Å². The SMILES string of the molecule is C#CCOc1ccc(C=C(C#N)C(=O)Nc2ccccc2OCC)cc1. The highest BCUT2D eigenvalue weighted by Crippen LogP contribution is 2.24. The van der Waals surface area contributed by atoms with E-state index in [2.05, 4.69) is 11.2 Å². The third-order valence-corrected chi connectivity index (χ3v) is 3.31. The van der Waals surface area contributed by atoms with E-state index in [1.54, 1.807) is 42.5 Å². The maximum atomic E-state index is 12.4. The first-order valence-electron chi connectivity index (χ1n) is 7.99. The number of hydrogen-bond donors (Lipinski definition) is 1. The molecule has 130 valence electrons. The van der Waals surface area contributed by atoms with Crippen LogP contribution in [0.5, 0.6) is 11.5 Å². The van der Waals surface area contributed by atoms with Crippen LogP contribution in [0.15, 0.2) is 54.1 Å². The smallest absolute Gasteiger partial charge is 0.266 e. The predicted molar refractivity (Wildman–Crippen MR) is 101 cm³/mol. The van der Waals surface area contributed by atoms with Crippen LogP contribution in [0.3, 0.4) is 0 Å². The number of nitrogens with one attached hydrogen (secondary N) is 1. The van der Waals surface area contributed by atoms with Crippen LogP contribution >= 0.6 is 0 Å². The summed E-state index contributed by atoms with van der Waals surface area (Å²) in [5.41, 5.74) is 1.19. The molecule has 2 rings (SSSR count). The number of benzene rings is 2. The Balaban J connectivity index is 2.15. The maximum absolute atomic E-state index is 12.4. The first-order valence-corrected chi connectivity index (χ1v) is 7.99. The van der Waals surface area contributed by atoms with Gasteiger partial charge in [-0.2, -0.15) is 5.26 Å². The molecule has 5 nitrogen and oxygen atoms in total. The van der Waals surface area contributed by atoms with Gasteiger partial charge in [0.25, 0.3) is 5.91 Å². The van der Waals surface area contributed by atoms with E-state index in [9.17, 15) is 10.1 Å². The van der Waals surface area contributed by atoms with Crippen LogP contribution in [0, 0.1) is 23.7 Å². The van der Waals surface area contributed by atoms with Crippen molar-refractivity contribution in [1.82, 2.24) is 0 Å². The standard InChI is InChI=1S/C21H18N2O3/c1-3-13-26-18-11-9-16(10-12-18)14-17(15-22)21(24)23-19-7-5-6-8-20(19)25-4-2/h1,5-12,14H,4,13H2,2H3,(H,23,24). The van der Waals surface area contributed by atoms with Gasteiger partial charge in [0, 0.05) is 0 Å². The van der Waals surface area contributed by atoms with E-state index in [0.717, 1.165) is 0 Å². The number of carbonyl (C=O) groups excluding carboxylic acids is 1. The number of amides is 1. The molecule has 1 amide bonds. The van der Waals surface area contributed by atoms with Crippen LogP contribution < -0.4 is 14.8 Å². The molecular weight excluding hydrogens is 328 g/mol. The second kappa shape index (κ2) is 9.56.